The molecule has 2 rings (SSSR count). The van der Waals surface area contributed by atoms with Crippen molar-refractivity contribution in [3.8, 4) is 6.07 Å². The van der Waals surface area contributed by atoms with Gasteiger partial charge in [-0.25, -0.2) is 0 Å². The molecule has 0 N–H and O–H groups in total. The van der Waals surface area contributed by atoms with Crippen LogP contribution >= 0.6 is 0 Å². The van der Waals surface area contributed by atoms with Crippen LogP contribution in [0.25, 0.3) is 0 Å². The highest BCUT2D eigenvalue weighted by Crippen LogP contribution is 2.25. The Morgan fingerprint density at radius 3 is 2.38 bits per heavy atom. The van der Waals surface area contributed by atoms with Gasteiger partial charge in [0, 0.05) is 31.9 Å². The Bertz CT molecular complexity index is 555. The van der Waals surface area contributed by atoms with Gasteiger partial charge in [-0.1, -0.05) is 0 Å². The fraction of sp³-hybridized carbons (Fsp3) is 0.571. The number of anilines is 1. The first-order chi connectivity index (χ1) is 9.80. The lowest BCUT2D eigenvalue weighted by Gasteiger charge is -2.36. The minimum Gasteiger partial charge on any atom is -0.368 e. The number of pyridine rings is 1. The van der Waals surface area contributed by atoms with Crippen molar-refractivity contribution >= 4 is 5.69 Å². The molecule has 0 spiro atoms. The Hall–Kier alpha value is -1.81. The van der Waals surface area contributed by atoms with Crippen LogP contribution in [-0.2, 0) is 0 Å². The minimum atomic E-state index is -4.16. The largest absolute Gasteiger partial charge is 0.401 e. The predicted octanol–water partition coefficient (Wildman–Crippen LogP) is 2.25. The van der Waals surface area contributed by atoms with Crippen LogP contribution in [0.3, 0.4) is 0 Å². The van der Waals surface area contributed by atoms with E-state index in [0.717, 1.165) is 11.4 Å². The summed E-state index contributed by atoms with van der Waals surface area (Å²) in [4.78, 5) is 7.61. The van der Waals surface area contributed by atoms with E-state index in [1.165, 1.54) is 4.90 Å². The molecule has 1 aliphatic rings. The van der Waals surface area contributed by atoms with Crippen molar-refractivity contribution < 1.29 is 13.2 Å². The Morgan fingerprint density at radius 2 is 1.86 bits per heavy atom. The van der Waals surface area contributed by atoms with Gasteiger partial charge in [0.15, 0.2) is 0 Å². The predicted molar refractivity (Wildman–Crippen MR) is 73.1 cm³/mol. The molecule has 1 aromatic heterocycles. The van der Waals surface area contributed by atoms with E-state index >= 15 is 0 Å². The number of nitrogens with zero attached hydrogens (tertiary/aromatic N) is 4. The van der Waals surface area contributed by atoms with E-state index in [2.05, 4.69) is 11.1 Å². The molecule has 1 fully saturated rings. The summed E-state index contributed by atoms with van der Waals surface area (Å²) in [6.07, 6.45) is -4.16. The highest BCUT2D eigenvalue weighted by atomic mass is 19.4. The number of alkyl halides is 3. The van der Waals surface area contributed by atoms with Crippen molar-refractivity contribution in [3.63, 3.8) is 0 Å². The monoisotopic (exact) mass is 298 g/mol. The Labute approximate surface area is 121 Å². The second kappa shape index (κ2) is 5.90. The Morgan fingerprint density at radius 1 is 1.24 bits per heavy atom. The third kappa shape index (κ3) is 3.85. The van der Waals surface area contributed by atoms with E-state index < -0.39 is 12.7 Å². The number of aryl methyl sites for hydroxylation is 2. The summed E-state index contributed by atoms with van der Waals surface area (Å²) in [6, 6.07) is 3.96. The molecule has 0 aromatic carbocycles. The lowest BCUT2D eigenvalue weighted by molar-refractivity contribution is -0.146. The van der Waals surface area contributed by atoms with Crippen molar-refractivity contribution in [3.05, 3.63) is 23.0 Å². The van der Waals surface area contributed by atoms with Crippen LogP contribution in [-0.4, -0.2) is 48.8 Å². The molecule has 0 atom stereocenters. The summed E-state index contributed by atoms with van der Waals surface area (Å²) in [5.74, 6) is 0. The zero-order valence-corrected chi connectivity index (χ0v) is 12.0. The van der Waals surface area contributed by atoms with Gasteiger partial charge in [-0.2, -0.15) is 18.4 Å². The summed E-state index contributed by atoms with van der Waals surface area (Å²) in [5.41, 5.74) is 2.74. The molecule has 1 aliphatic heterocycles. The maximum Gasteiger partial charge on any atom is 0.401 e. The van der Waals surface area contributed by atoms with Crippen LogP contribution in [0.15, 0.2) is 6.07 Å². The topological polar surface area (TPSA) is 43.2 Å². The van der Waals surface area contributed by atoms with Crippen LogP contribution in [0, 0.1) is 25.2 Å². The zero-order valence-electron chi connectivity index (χ0n) is 12.0. The second-order valence-electron chi connectivity index (χ2n) is 5.23. The van der Waals surface area contributed by atoms with E-state index in [0.29, 0.717) is 37.4 Å². The molecule has 0 bridgehead atoms. The fourth-order valence-corrected chi connectivity index (χ4v) is 2.60. The van der Waals surface area contributed by atoms with E-state index in [4.69, 9.17) is 0 Å². The number of piperazine rings is 1. The molecule has 0 aliphatic carbocycles. The van der Waals surface area contributed by atoms with Gasteiger partial charge in [0.25, 0.3) is 0 Å². The van der Waals surface area contributed by atoms with Crippen molar-refractivity contribution in [2.75, 3.05) is 37.6 Å². The number of aromatic nitrogens is 1. The van der Waals surface area contributed by atoms with Gasteiger partial charge >= 0.3 is 6.18 Å². The third-order valence-electron chi connectivity index (χ3n) is 3.54. The van der Waals surface area contributed by atoms with Crippen LogP contribution in [0.4, 0.5) is 18.9 Å². The molecule has 0 saturated carbocycles. The van der Waals surface area contributed by atoms with Crippen LogP contribution in [0.2, 0.25) is 0 Å². The smallest absolute Gasteiger partial charge is 0.368 e. The van der Waals surface area contributed by atoms with Crippen molar-refractivity contribution in [1.29, 1.82) is 5.26 Å². The lowest BCUT2D eigenvalue weighted by atomic mass is 10.1. The fourth-order valence-electron chi connectivity index (χ4n) is 2.60. The van der Waals surface area contributed by atoms with Gasteiger partial charge in [-0.05, 0) is 19.9 Å². The van der Waals surface area contributed by atoms with E-state index in [9.17, 15) is 18.4 Å². The number of nitriles is 1. The summed E-state index contributed by atoms with van der Waals surface area (Å²) in [6.45, 7) is 4.38. The molecule has 0 radical (unpaired) electrons. The molecular formula is C14H17F3N4. The van der Waals surface area contributed by atoms with Gasteiger partial charge in [-0.15, -0.1) is 0 Å². The molecular weight excluding hydrogens is 281 g/mol. The highest BCUT2D eigenvalue weighted by Gasteiger charge is 2.32. The molecule has 0 amide bonds. The summed E-state index contributed by atoms with van der Waals surface area (Å²) < 4.78 is 37.1. The van der Waals surface area contributed by atoms with Gasteiger partial charge < -0.3 is 4.90 Å². The molecule has 2 heterocycles. The van der Waals surface area contributed by atoms with E-state index in [1.54, 1.807) is 6.92 Å². The first kappa shape index (κ1) is 15.6. The highest BCUT2D eigenvalue weighted by molar-refractivity contribution is 5.61. The number of hydrogen-bond acceptors (Lipinski definition) is 4. The van der Waals surface area contributed by atoms with Gasteiger partial charge in [0.2, 0.25) is 0 Å². The first-order valence-corrected chi connectivity index (χ1v) is 6.72. The molecule has 1 saturated heterocycles. The summed E-state index contributed by atoms with van der Waals surface area (Å²) >= 11 is 0. The molecule has 0 unspecified atom stereocenters. The maximum atomic E-state index is 12.4. The summed E-state index contributed by atoms with van der Waals surface area (Å²) in [7, 11) is 0. The quantitative estimate of drug-likeness (QED) is 0.840. The summed E-state index contributed by atoms with van der Waals surface area (Å²) in [5, 5.41) is 9.25. The number of halogens is 3. The van der Waals surface area contributed by atoms with Gasteiger partial charge in [0.1, 0.15) is 6.07 Å². The lowest BCUT2D eigenvalue weighted by Crippen LogP contribution is -2.49. The van der Waals surface area contributed by atoms with Crippen molar-refractivity contribution in [1.82, 2.24) is 9.88 Å². The number of rotatable bonds is 2. The maximum absolute atomic E-state index is 12.4. The SMILES string of the molecule is Cc1cc(N2CCN(CC(F)(F)F)CC2)c(C#N)c(C)n1. The standard InChI is InChI=1S/C14H17F3N4/c1-10-7-13(12(8-18)11(2)19-10)21-5-3-20(4-6-21)9-14(15,16)17/h7H,3-6,9H2,1-2H3. The Balaban J connectivity index is 2.11. The average Bonchev–Trinajstić information content (AvgIpc) is 2.37. The molecule has 4 nitrogen and oxygen atoms in total. The molecule has 21 heavy (non-hydrogen) atoms. The molecule has 7 heteroatoms. The minimum absolute atomic E-state index is 0.338. The van der Waals surface area contributed by atoms with Crippen LogP contribution in [0.5, 0.6) is 0 Å². The molecule has 114 valence electrons. The normalized spacial score (nSPS) is 16.9. The van der Waals surface area contributed by atoms with E-state index in [-0.39, 0.29) is 0 Å². The van der Waals surface area contributed by atoms with E-state index in [1.807, 2.05) is 17.9 Å². The van der Waals surface area contributed by atoms with Crippen molar-refractivity contribution in [2.45, 2.75) is 20.0 Å². The van der Waals surface area contributed by atoms with Gasteiger partial charge in [0.05, 0.1) is 23.5 Å². The first-order valence-electron chi connectivity index (χ1n) is 6.72. The Kier molecular flexibility index (Phi) is 4.37. The second-order valence-corrected chi connectivity index (χ2v) is 5.23. The average molecular weight is 298 g/mol. The van der Waals surface area contributed by atoms with Gasteiger partial charge in [-0.3, -0.25) is 9.88 Å². The van der Waals surface area contributed by atoms with Crippen LogP contribution in [0.1, 0.15) is 17.0 Å². The van der Waals surface area contributed by atoms with Crippen LogP contribution < -0.4 is 4.90 Å². The zero-order chi connectivity index (χ0) is 15.6. The van der Waals surface area contributed by atoms with Crippen molar-refractivity contribution in [2.24, 2.45) is 0 Å². The third-order valence-corrected chi connectivity index (χ3v) is 3.54. The number of hydrogen-bond donors (Lipinski definition) is 0. The molecule has 1 aromatic rings.